The molecule has 0 heterocycles. The molecule has 1 aliphatic rings. The SMILES string of the molecule is CC1=C(C)C([SiH2])C(C)=C1C. The predicted octanol–water partition coefficient (Wildman–Crippen LogP) is 2.09. The van der Waals surface area contributed by atoms with Crippen LogP contribution >= 0.6 is 0 Å². The molecule has 0 amide bonds. The highest BCUT2D eigenvalue weighted by molar-refractivity contribution is 6.16. The third-order valence-electron chi connectivity index (χ3n) is 2.79. The molecular weight excluding hydrogens is 136 g/mol. The van der Waals surface area contributed by atoms with Crippen molar-refractivity contribution in [3.05, 3.63) is 22.3 Å². The van der Waals surface area contributed by atoms with Crippen LogP contribution in [0.15, 0.2) is 22.3 Å². The molecule has 0 unspecified atom stereocenters. The zero-order chi connectivity index (χ0) is 7.89. The Morgan fingerprint density at radius 1 is 0.900 bits per heavy atom. The fraction of sp³-hybridized carbons (Fsp3) is 0.556. The lowest BCUT2D eigenvalue weighted by Crippen LogP contribution is -1.90. The fourth-order valence-electron chi connectivity index (χ4n) is 1.44. The Hall–Kier alpha value is -0.303. The molecule has 1 radical (unpaired) electrons. The normalized spacial score (nSPS) is 21.3. The lowest BCUT2D eigenvalue weighted by molar-refractivity contribution is 1.12. The summed E-state index contributed by atoms with van der Waals surface area (Å²) in [6, 6.07) is 0. The van der Waals surface area contributed by atoms with Crippen LogP contribution in [0.5, 0.6) is 0 Å². The summed E-state index contributed by atoms with van der Waals surface area (Å²) < 4.78 is 0. The molecule has 0 nitrogen and oxygen atoms in total. The summed E-state index contributed by atoms with van der Waals surface area (Å²) in [5.41, 5.74) is 6.87. The van der Waals surface area contributed by atoms with Gasteiger partial charge in [-0.2, -0.15) is 0 Å². The van der Waals surface area contributed by atoms with E-state index in [2.05, 4.69) is 37.9 Å². The standard InChI is InChI=1S/C9H15Si/c1-5-6(2)8(4)9(10)7(5)3/h9H,10H2,1-4H3. The minimum atomic E-state index is 0.722. The van der Waals surface area contributed by atoms with E-state index in [1.54, 1.807) is 11.1 Å². The maximum absolute atomic E-state index is 2.24. The van der Waals surface area contributed by atoms with Crippen LogP contribution in [0, 0.1) is 0 Å². The summed E-state index contributed by atoms with van der Waals surface area (Å²) in [6.45, 7) is 8.93. The third kappa shape index (κ3) is 0.890. The molecule has 1 heteroatoms. The summed E-state index contributed by atoms with van der Waals surface area (Å²) in [6.07, 6.45) is 0. The lowest BCUT2D eigenvalue weighted by atomic mass is 10.1. The van der Waals surface area contributed by atoms with Crippen molar-refractivity contribution in [2.45, 2.75) is 33.2 Å². The highest BCUT2D eigenvalue weighted by Gasteiger charge is 2.19. The van der Waals surface area contributed by atoms with Crippen LogP contribution in [0.4, 0.5) is 0 Å². The summed E-state index contributed by atoms with van der Waals surface area (Å²) in [5, 5.41) is 0. The topological polar surface area (TPSA) is 0 Å². The van der Waals surface area contributed by atoms with Gasteiger partial charge >= 0.3 is 0 Å². The van der Waals surface area contributed by atoms with Crippen LogP contribution in [0.1, 0.15) is 27.7 Å². The van der Waals surface area contributed by atoms with E-state index in [1.807, 2.05) is 0 Å². The first kappa shape index (κ1) is 7.80. The van der Waals surface area contributed by atoms with Gasteiger partial charge in [-0.15, -0.1) is 0 Å². The summed E-state index contributed by atoms with van der Waals surface area (Å²) in [7, 11) is 2.08. The molecule has 0 spiro atoms. The highest BCUT2D eigenvalue weighted by Crippen LogP contribution is 2.38. The van der Waals surface area contributed by atoms with Crippen molar-refractivity contribution in [3.8, 4) is 0 Å². The van der Waals surface area contributed by atoms with E-state index >= 15 is 0 Å². The molecular formula is C9H15Si. The average Bonchev–Trinajstić information content (AvgIpc) is 2.07. The maximum Gasteiger partial charge on any atom is 0.0230 e. The van der Waals surface area contributed by atoms with Gasteiger partial charge in [0.05, 0.1) is 0 Å². The van der Waals surface area contributed by atoms with Gasteiger partial charge in [-0.3, -0.25) is 0 Å². The predicted molar refractivity (Wildman–Crippen MR) is 49.0 cm³/mol. The van der Waals surface area contributed by atoms with Gasteiger partial charge in [-0.25, -0.2) is 0 Å². The summed E-state index contributed by atoms with van der Waals surface area (Å²) >= 11 is 0. The van der Waals surface area contributed by atoms with Crippen molar-refractivity contribution in [2.75, 3.05) is 0 Å². The molecule has 0 N–H and O–H groups in total. The van der Waals surface area contributed by atoms with Crippen molar-refractivity contribution < 1.29 is 0 Å². The van der Waals surface area contributed by atoms with Crippen molar-refractivity contribution in [3.63, 3.8) is 0 Å². The quantitative estimate of drug-likeness (QED) is 0.465. The molecule has 0 aromatic heterocycles. The van der Waals surface area contributed by atoms with Crippen LogP contribution in [-0.2, 0) is 0 Å². The van der Waals surface area contributed by atoms with E-state index in [4.69, 9.17) is 0 Å². The number of allylic oxidation sites excluding steroid dienone is 4. The average molecular weight is 151 g/mol. The van der Waals surface area contributed by atoms with Gasteiger partial charge in [0.15, 0.2) is 0 Å². The van der Waals surface area contributed by atoms with Gasteiger partial charge in [0.1, 0.15) is 0 Å². The molecule has 1 aliphatic carbocycles. The van der Waals surface area contributed by atoms with Crippen molar-refractivity contribution >= 4 is 10.2 Å². The van der Waals surface area contributed by atoms with Crippen LogP contribution in [0.3, 0.4) is 0 Å². The van der Waals surface area contributed by atoms with Crippen LogP contribution in [-0.4, -0.2) is 10.2 Å². The van der Waals surface area contributed by atoms with Crippen LogP contribution in [0.25, 0.3) is 0 Å². The van der Waals surface area contributed by atoms with Gasteiger partial charge in [0.2, 0.25) is 0 Å². The number of rotatable bonds is 0. The summed E-state index contributed by atoms with van der Waals surface area (Å²) in [5.74, 6) is 0. The molecule has 0 aromatic carbocycles. The van der Waals surface area contributed by atoms with Gasteiger partial charge in [0, 0.05) is 10.2 Å². The van der Waals surface area contributed by atoms with Crippen LogP contribution in [0.2, 0.25) is 5.54 Å². The zero-order valence-corrected chi connectivity index (χ0v) is 8.70. The van der Waals surface area contributed by atoms with E-state index in [0.717, 1.165) is 5.54 Å². The second kappa shape index (κ2) is 2.39. The van der Waals surface area contributed by atoms with E-state index < -0.39 is 0 Å². The smallest absolute Gasteiger partial charge is 0.0230 e. The Morgan fingerprint density at radius 2 is 1.20 bits per heavy atom. The van der Waals surface area contributed by atoms with Crippen molar-refractivity contribution in [2.24, 2.45) is 0 Å². The number of hydrogen-bond donors (Lipinski definition) is 0. The van der Waals surface area contributed by atoms with Crippen LogP contribution < -0.4 is 0 Å². The van der Waals surface area contributed by atoms with E-state index in [-0.39, 0.29) is 0 Å². The van der Waals surface area contributed by atoms with Gasteiger partial charge < -0.3 is 0 Å². The van der Waals surface area contributed by atoms with Gasteiger partial charge in [-0.1, -0.05) is 11.1 Å². The largest absolute Gasteiger partial charge is 0.0666 e. The first-order chi connectivity index (χ1) is 4.55. The third-order valence-corrected chi connectivity index (χ3v) is 4.02. The second-order valence-electron chi connectivity index (χ2n) is 3.17. The monoisotopic (exact) mass is 151 g/mol. The Balaban J connectivity index is 3.09. The number of hydrogen-bond acceptors (Lipinski definition) is 0. The molecule has 0 atom stereocenters. The minimum absolute atomic E-state index is 0.722. The van der Waals surface area contributed by atoms with E-state index in [0.29, 0.717) is 0 Å². The first-order valence-corrected chi connectivity index (χ1v) is 4.55. The zero-order valence-electron chi connectivity index (χ0n) is 7.28. The molecule has 10 heavy (non-hydrogen) atoms. The van der Waals surface area contributed by atoms with Crippen molar-refractivity contribution in [1.29, 1.82) is 0 Å². The molecule has 1 rings (SSSR count). The molecule has 0 aromatic rings. The molecule has 0 aliphatic heterocycles. The Morgan fingerprint density at radius 3 is 1.30 bits per heavy atom. The van der Waals surface area contributed by atoms with Gasteiger partial charge in [0.25, 0.3) is 0 Å². The maximum atomic E-state index is 2.24. The van der Waals surface area contributed by atoms with Crippen molar-refractivity contribution in [1.82, 2.24) is 0 Å². The van der Waals surface area contributed by atoms with E-state index in [9.17, 15) is 0 Å². The Kier molecular flexibility index (Phi) is 1.86. The molecule has 0 fully saturated rings. The minimum Gasteiger partial charge on any atom is -0.0666 e. The first-order valence-electron chi connectivity index (χ1n) is 3.74. The molecule has 55 valence electrons. The second-order valence-corrected chi connectivity index (χ2v) is 3.99. The highest BCUT2D eigenvalue weighted by atomic mass is 28.1. The molecule has 0 bridgehead atoms. The Bertz CT molecular complexity index is 197. The van der Waals surface area contributed by atoms with E-state index in [1.165, 1.54) is 11.1 Å². The lowest BCUT2D eigenvalue weighted by Gasteiger charge is -2.05. The fourth-order valence-corrected chi connectivity index (χ4v) is 2.05. The molecule has 0 saturated heterocycles. The van der Waals surface area contributed by atoms with Gasteiger partial charge in [-0.05, 0) is 44.4 Å². The molecule has 0 saturated carbocycles. The summed E-state index contributed by atoms with van der Waals surface area (Å²) in [4.78, 5) is 0. The Labute approximate surface area is 66.4 Å².